The standard InChI is InChI=1S/C13H14N2O3/c1-8-3-4-11(5-9(8)2)18-7-10-6-12(13(16)17)15-14-10/h3-6H,7H2,1-2H3,(H,14,15)(H,16,17). The largest absolute Gasteiger partial charge is 0.487 e. The molecule has 0 aliphatic heterocycles. The smallest absolute Gasteiger partial charge is 0.356 e. The highest BCUT2D eigenvalue weighted by atomic mass is 16.5. The lowest BCUT2D eigenvalue weighted by Crippen LogP contribution is -1.96. The van der Waals surface area contributed by atoms with E-state index in [1.54, 1.807) is 0 Å². The third-order valence-electron chi connectivity index (χ3n) is 2.72. The molecule has 0 aliphatic rings. The molecule has 0 amide bonds. The van der Waals surface area contributed by atoms with Gasteiger partial charge >= 0.3 is 5.97 Å². The van der Waals surface area contributed by atoms with Crippen molar-refractivity contribution in [3.63, 3.8) is 0 Å². The van der Waals surface area contributed by atoms with Gasteiger partial charge in [0.1, 0.15) is 12.4 Å². The van der Waals surface area contributed by atoms with Crippen molar-refractivity contribution >= 4 is 5.97 Å². The summed E-state index contributed by atoms with van der Waals surface area (Å²) in [5.74, 6) is -0.298. The summed E-state index contributed by atoms with van der Waals surface area (Å²) in [6.07, 6.45) is 0. The minimum absolute atomic E-state index is 0.00585. The van der Waals surface area contributed by atoms with Gasteiger partial charge < -0.3 is 9.84 Å². The maximum atomic E-state index is 10.6. The molecule has 2 N–H and O–H groups in total. The van der Waals surface area contributed by atoms with Gasteiger partial charge in [0.05, 0.1) is 5.69 Å². The molecule has 2 rings (SSSR count). The second-order valence-corrected chi connectivity index (χ2v) is 4.12. The van der Waals surface area contributed by atoms with E-state index in [2.05, 4.69) is 10.2 Å². The van der Waals surface area contributed by atoms with Gasteiger partial charge in [0.25, 0.3) is 0 Å². The van der Waals surface area contributed by atoms with Gasteiger partial charge in [-0.25, -0.2) is 4.79 Å². The summed E-state index contributed by atoms with van der Waals surface area (Å²) < 4.78 is 5.56. The Kier molecular flexibility index (Phi) is 3.32. The molecule has 94 valence electrons. The molecule has 0 unspecified atom stereocenters. The van der Waals surface area contributed by atoms with E-state index in [-0.39, 0.29) is 12.3 Å². The van der Waals surface area contributed by atoms with Crippen LogP contribution in [0.1, 0.15) is 27.3 Å². The van der Waals surface area contributed by atoms with Crippen LogP contribution in [0.3, 0.4) is 0 Å². The van der Waals surface area contributed by atoms with Crippen LogP contribution in [0.2, 0.25) is 0 Å². The number of nitrogens with zero attached hydrogens (tertiary/aromatic N) is 1. The fourth-order valence-corrected chi connectivity index (χ4v) is 1.51. The molecule has 18 heavy (non-hydrogen) atoms. The number of benzene rings is 1. The number of aromatic carboxylic acids is 1. The average Bonchev–Trinajstić information content (AvgIpc) is 2.79. The highest BCUT2D eigenvalue weighted by molar-refractivity contribution is 5.85. The van der Waals surface area contributed by atoms with Gasteiger partial charge in [-0.05, 0) is 43.2 Å². The molecule has 0 atom stereocenters. The Balaban J connectivity index is 2.02. The molecule has 2 aromatic rings. The van der Waals surface area contributed by atoms with Crippen LogP contribution in [0.25, 0.3) is 0 Å². The average molecular weight is 246 g/mol. The zero-order chi connectivity index (χ0) is 13.1. The molecule has 0 fully saturated rings. The van der Waals surface area contributed by atoms with Crippen molar-refractivity contribution in [3.05, 3.63) is 46.8 Å². The highest BCUT2D eigenvalue weighted by Gasteiger charge is 2.08. The van der Waals surface area contributed by atoms with Gasteiger partial charge in [0.2, 0.25) is 0 Å². The summed E-state index contributed by atoms with van der Waals surface area (Å²) in [5, 5.41) is 15.0. The predicted octanol–water partition coefficient (Wildman–Crippen LogP) is 2.30. The van der Waals surface area contributed by atoms with E-state index in [1.165, 1.54) is 11.6 Å². The van der Waals surface area contributed by atoms with Crippen molar-refractivity contribution in [1.29, 1.82) is 0 Å². The normalized spacial score (nSPS) is 10.3. The number of aromatic nitrogens is 2. The SMILES string of the molecule is Cc1ccc(OCc2cc(C(=O)O)n[nH]2)cc1C. The number of carboxylic acids is 1. The summed E-state index contributed by atoms with van der Waals surface area (Å²) in [6, 6.07) is 7.28. The van der Waals surface area contributed by atoms with Crippen LogP contribution in [0.5, 0.6) is 5.75 Å². The Bertz CT molecular complexity index is 575. The summed E-state index contributed by atoms with van der Waals surface area (Å²) >= 11 is 0. The number of nitrogens with one attached hydrogen (secondary N) is 1. The predicted molar refractivity (Wildman–Crippen MR) is 65.8 cm³/mol. The number of aryl methyl sites for hydroxylation is 2. The first-order valence-electron chi connectivity index (χ1n) is 5.54. The number of H-pyrrole nitrogens is 1. The third kappa shape index (κ3) is 2.68. The molecular weight excluding hydrogens is 232 g/mol. The molecule has 1 aromatic heterocycles. The molecule has 0 bridgehead atoms. The molecule has 1 heterocycles. The Morgan fingerprint density at radius 1 is 1.33 bits per heavy atom. The van der Waals surface area contributed by atoms with Gasteiger partial charge in [0.15, 0.2) is 5.69 Å². The van der Waals surface area contributed by atoms with Crippen molar-refractivity contribution in [1.82, 2.24) is 10.2 Å². The van der Waals surface area contributed by atoms with Crippen LogP contribution < -0.4 is 4.74 Å². The van der Waals surface area contributed by atoms with E-state index < -0.39 is 5.97 Å². The van der Waals surface area contributed by atoms with Gasteiger partial charge in [-0.1, -0.05) is 6.07 Å². The Morgan fingerprint density at radius 3 is 2.72 bits per heavy atom. The zero-order valence-corrected chi connectivity index (χ0v) is 10.2. The van der Waals surface area contributed by atoms with Crippen LogP contribution in [0.15, 0.2) is 24.3 Å². The Hall–Kier alpha value is -2.30. The Morgan fingerprint density at radius 2 is 2.11 bits per heavy atom. The van der Waals surface area contributed by atoms with Crippen molar-refractivity contribution in [2.45, 2.75) is 20.5 Å². The first kappa shape index (κ1) is 12.2. The van der Waals surface area contributed by atoms with Gasteiger partial charge in [-0.15, -0.1) is 0 Å². The molecule has 0 radical (unpaired) electrons. The second-order valence-electron chi connectivity index (χ2n) is 4.12. The van der Waals surface area contributed by atoms with Gasteiger partial charge in [-0.3, -0.25) is 5.10 Å². The van der Waals surface area contributed by atoms with E-state index in [0.29, 0.717) is 5.69 Å². The quantitative estimate of drug-likeness (QED) is 0.868. The van der Waals surface area contributed by atoms with Crippen molar-refractivity contribution in [2.24, 2.45) is 0 Å². The fraction of sp³-hybridized carbons (Fsp3) is 0.231. The highest BCUT2D eigenvalue weighted by Crippen LogP contribution is 2.17. The number of aromatic amines is 1. The first-order chi connectivity index (χ1) is 8.56. The minimum Gasteiger partial charge on any atom is -0.487 e. The molecule has 0 saturated carbocycles. The lowest BCUT2D eigenvalue weighted by Gasteiger charge is -2.06. The third-order valence-corrected chi connectivity index (χ3v) is 2.72. The maximum Gasteiger partial charge on any atom is 0.356 e. The monoisotopic (exact) mass is 246 g/mol. The molecular formula is C13H14N2O3. The van der Waals surface area contributed by atoms with Crippen LogP contribution in [0, 0.1) is 13.8 Å². The number of hydrogen-bond acceptors (Lipinski definition) is 3. The molecule has 0 spiro atoms. The number of carbonyl (C=O) groups is 1. The van der Waals surface area contributed by atoms with Crippen molar-refractivity contribution in [3.8, 4) is 5.75 Å². The molecule has 5 nitrogen and oxygen atoms in total. The van der Waals surface area contributed by atoms with E-state index in [4.69, 9.17) is 9.84 Å². The number of ether oxygens (including phenoxy) is 1. The molecule has 0 aliphatic carbocycles. The fourth-order valence-electron chi connectivity index (χ4n) is 1.51. The van der Waals surface area contributed by atoms with E-state index in [1.807, 2.05) is 32.0 Å². The van der Waals surface area contributed by atoms with Crippen LogP contribution in [0.4, 0.5) is 0 Å². The van der Waals surface area contributed by atoms with Crippen molar-refractivity contribution < 1.29 is 14.6 Å². The lowest BCUT2D eigenvalue weighted by atomic mass is 10.1. The number of rotatable bonds is 4. The topological polar surface area (TPSA) is 75.2 Å². The maximum absolute atomic E-state index is 10.6. The van der Waals surface area contributed by atoms with E-state index in [9.17, 15) is 4.79 Å². The summed E-state index contributed by atoms with van der Waals surface area (Å²) in [5.41, 5.74) is 2.99. The summed E-state index contributed by atoms with van der Waals surface area (Å²) in [6.45, 7) is 4.32. The second kappa shape index (κ2) is 4.91. The molecule has 0 saturated heterocycles. The molecule has 5 heteroatoms. The van der Waals surface area contributed by atoms with Crippen LogP contribution in [-0.2, 0) is 6.61 Å². The lowest BCUT2D eigenvalue weighted by molar-refractivity contribution is 0.0690. The summed E-state index contributed by atoms with van der Waals surface area (Å²) in [7, 11) is 0. The summed E-state index contributed by atoms with van der Waals surface area (Å²) in [4.78, 5) is 10.6. The van der Waals surface area contributed by atoms with Gasteiger partial charge in [0, 0.05) is 0 Å². The first-order valence-corrected chi connectivity index (χ1v) is 5.54. The molecule has 1 aromatic carbocycles. The van der Waals surface area contributed by atoms with Crippen LogP contribution >= 0.6 is 0 Å². The van der Waals surface area contributed by atoms with Gasteiger partial charge in [-0.2, -0.15) is 5.10 Å². The van der Waals surface area contributed by atoms with Crippen molar-refractivity contribution in [2.75, 3.05) is 0 Å². The zero-order valence-electron chi connectivity index (χ0n) is 10.2. The Labute approximate surface area is 104 Å². The number of hydrogen-bond donors (Lipinski definition) is 2. The number of carboxylic acid groups (broad SMARTS) is 1. The van der Waals surface area contributed by atoms with E-state index in [0.717, 1.165) is 11.3 Å². The minimum atomic E-state index is -1.05. The van der Waals surface area contributed by atoms with Crippen LogP contribution in [-0.4, -0.2) is 21.3 Å². The van der Waals surface area contributed by atoms with E-state index >= 15 is 0 Å².